The number of benzene rings is 1. The lowest BCUT2D eigenvalue weighted by Gasteiger charge is -2.33. The molecule has 1 saturated carbocycles. The Morgan fingerprint density at radius 3 is 2.88 bits per heavy atom. The van der Waals surface area contributed by atoms with E-state index in [0.717, 1.165) is 19.4 Å². The normalized spacial score (nSPS) is 27.9. The molecular formula is C18H20ClN3O4. The largest absolute Gasteiger partial charge is 0.375 e. The van der Waals surface area contributed by atoms with Crippen LogP contribution in [0.15, 0.2) is 18.2 Å². The van der Waals surface area contributed by atoms with Crippen molar-refractivity contribution in [2.75, 3.05) is 18.4 Å². The van der Waals surface area contributed by atoms with Crippen LogP contribution in [-0.4, -0.2) is 46.9 Å². The number of nitrogens with zero attached hydrogens (tertiary/aromatic N) is 1. The van der Waals surface area contributed by atoms with Gasteiger partial charge in [0.2, 0.25) is 11.8 Å². The maximum absolute atomic E-state index is 12.8. The van der Waals surface area contributed by atoms with E-state index in [4.69, 9.17) is 11.6 Å². The van der Waals surface area contributed by atoms with Crippen LogP contribution in [-0.2, 0) is 20.0 Å². The van der Waals surface area contributed by atoms with Crippen LogP contribution in [0.1, 0.15) is 31.2 Å². The topological polar surface area (TPSA) is 98.7 Å². The standard InChI is InChI=1S/C18H20ClN3O4/c19-11-3-4-14-13(5-11)18(26,7-15(23)21-14)17(25)20-12-6-16(24)22(9-12)8-10-1-2-10/h3-5,10,12,26H,1-2,6-9H2,(H,20,25)(H,21,23). The minimum absolute atomic E-state index is 0.0130. The van der Waals surface area contributed by atoms with E-state index in [-0.39, 0.29) is 23.9 Å². The number of amides is 3. The number of nitrogens with one attached hydrogen (secondary N) is 2. The molecule has 8 heteroatoms. The molecule has 0 bridgehead atoms. The van der Waals surface area contributed by atoms with Crippen molar-refractivity contribution in [3.05, 3.63) is 28.8 Å². The molecule has 1 aromatic carbocycles. The Kier molecular flexibility index (Phi) is 4.16. The van der Waals surface area contributed by atoms with Gasteiger partial charge in [-0.25, -0.2) is 0 Å². The fraction of sp³-hybridized carbons (Fsp3) is 0.500. The average Bonchev–Trinajstić information content (AvgIpc) is 3.32. The molecule has 2 aliphatic heterocycles. The second-order valence-electron chi connectivity index (χ2n) is 7.39. The lowest BCUT2D eigenvalue weighted by molar-refractivity contribution is -0.146. The van der Waals surface area contributed by atoms with Crippen LogP contribution in [0.2, 0.25) is 5.02 Å². The highest BCUT2D eigenvalue weighted by Crippen LogP contribution is 2.38. The molecular weight excluding hydrogens is 358 g/mol. The van der Waals surface area contributed by atoms with Crippen molar-refractivity contribution >= 4 is 35.0 Å². The monoisotopic (exact) mass is 377 g/mol. The molecule has 138 valence electrons. The van der Waals surface area contributed by atoms with E-state index in [2.05, 4.69) is 10.6 Å². The van der Waals surface area contributed by atoms with Gasteiger partial charge in [-0.3, -0.25) is 14.4 Å². The Bertz CT molecular complexity index is 795. The predicted molar refractivity (Wildman–Crippen MR) is 94.4 cm³/mol. The lowest BCUT2D eigenvalue weighted by atomic mass is 9.84. The van der Waals surface area contributed by atoms with E-state index in [1.165, 1.54) is 6.07 Å². The molecule has 0 radical (unpaired) electrons. The summed E-state index contributed by atoms with van der Waals surface area (Å²) in [5.41, 5.74) is -1.38. The molecule has 1 aromatic rings. The van der Waals surface area contributed by atoms with Crippen molar-refractivity contribution in [3.8, 4) is 0 Å². The van der Waals surface area contributed by atoms with E-state index < -0.39 is 23.8 Å². The molecule has 2 atom stereocenters. The molecule has 3 aliphatic rings. The third-order valence-corrected chi connectivity index (χ3v) is 5.45. The molecule has 7 nitrogen and oxygen atoms in total. The number of hydrogen-bond acceptors (Lipinski definition) is 4. The minimum Gasteiger partial charge on any atom is -0.375 e. The number of fused-ring (bicyclic) bond motifs is 1. The molecule has 1 aliphatic carbocycles. The quantitative estimate of drug-likeness (QED) is 0.728. The Hall–Kier alpha value is -2.12. The van der Waals surface area contributed by atoms with Gasteiger partial charge in [-0.15, -0.1) is 0 Å². The van der Waals surface area contributed by atoms with E-state index in [1.807, 2.05) is 0 Å². The molecule has 0 aromatic heterocycles. The van der Waals surface area contributed by atoms with Gasteiger partial charge in [0.1, 0.15) is 0 Å². The fourth-order valence-electron chi connectivity index (χ4n) is 3.65. The summed E-state index contributed by atoms with van der Waals surface area (Å²) in [5.74, 6) is -0.537. The van der Waals surface area contributed by atoms with Gasteiger partial charge in [0.05, 0.1) is 12.5 Å². The number of carbonyl (C=O) groups excluding carboxylic acids is 3. The van der Waals surface area contributed by atoms with Gasteiger partial charge in [-0.2, -0.15) is 0 Å². The van der Waals surface area contributed by atoms with Crippen molar-refractivity contribution < 1.29 is 19.5 Å². The maximum atomic E-state index is 12.8. The summed E-state index contributed by atoms with van der Waals surface area (Å²) >= 11 is 6.00. The molecule has 0 spiro atoms. The van der Waals surface area contributed by atoms with Crippen molar-refractivity contribution in [3.63, 3.8) is 0 Å². The van der Waals surface area contributed by atoms with Gasteiger partial charge >= 0.3 is 0 Å². The molecule has 3 N–H and O–H groups in total. The second-order valence-corrected chi connectivity index (χ2v) is 7.83. The Balaban J connectivity index is 1.51. The average molecular weight is 378 g/mol. The summed E-state index contributed by atoms with van der Waals surface area (Å²) in [6.07, 6.45) is 2.11. The minimum atomic E-state index is -2.00. The highest BCUT2D eigenvalue weighted by atomic mass is 35.5. The van der Waals surface area contributed by atoms with Gasteiger partial charge in [-0.05, 0) is 37.0 Å². The van der Waals surface area contributed by atoms with E-state index in [1.54, 1.807) is 17.0 Å². The summed E-state index contributed by atoms with van der Waals surface area (Å²) in [6, 6.07) is 4.25. The van der Waals surface area contributed by atoms with Crippen LogP contribution < -0.4 is 10.6 Å². The molecule has 2 unspecified atom stereocenters. The van der Waals surface area contributed by atoms with Gasteiger partial charge in [0, 0.05) is 35.8 Å². The highest BCUT2D eigenvalue weighted by molar-refractivity contribution is 6.30. The number of rotatable bonds is 4. The summed E-state index contributed by atoms with van der Waals surface area (Å²) in [7, 11) is 0. The van der Waals surface area contributed by atoms with Crippen LogP contribution in [0.5, 0.6) is 0 Å². The fourth-order valence-corrected chi connectivity index (χ4v) is 3.83. The number of aliphatic hydroxyl groups is 1. The lowest BCUT2D eigenvalue weighted by Crippen LogP contribution is -2.52. The first-order valence-corrected chi connectivity index (χ1v) is 9.14. The van der Waals surface area contributed by atoms with Gasteiger partial charge in [0.15, 0.2) is 5.60 Å². The summed E-state index contributed by atoms with van der Waals surface area (Å²) in [5, 5.41) is 16.7. The Labute approximate surface area is 155 Å². The number of hydrogen-bond donors (Lipinski definition) is 3. The van der Waals surface area contributed by atoms with E-state index in [0.29, 0.717) is 23.2 Å². The SMILES string of the molecule is O=C1CC(O)(C(=O)NC2CC(=O)N(CC3CC3)C2)c2cc(Cl)ccc2N1. The Morgan fingerprint density at radius 1 is 1.38 bits per heavy atom. The first-order valence-electron chi connectivity index (χ1n) is 8.76. The molecule has 2 fully saturated rings. The first-order chi connectivity index (χ1) is 12.3. The van der Waals surface area contributed by atoms with Crippen LogP contribution in [0.3, 0.4) is 0 Å². The highest BCUT2D eigenvalue weighted by Gasteiger charge is 2.46. The third-order valence-electron chi connectivity index (χ3n) is 5.22. The zero-order valence-electron chi connectivity index (χ0n) is 14.1. The molecule has 1 saturated heterocycles. The van der Waals surface area contributed by atoms with Crippen LogP contribution in [0.4, 0.5) is 5.69 Å². The maximum Gasteiger partial charge on any atom is 0.257 e. The summed E-state index contributed by atoms with van der Waals surface area (Å²) < 4.78 is 0. The zero-order chi connectivity index (χ0) is 18.5. The zero-order valence-corrected chi connectivity index (χ0v) is 14.9. The second kappa shape index (κ2) is 6.25. The molecule has 2 heterocycles. The van der Waals surface area contributed by atoms with Crippen LogP contribution in [0, 0.1) is 5.92 Å². The van der Waals surface area contributed by atoms with Crippen LogP contribution in [0.25, 0.3) is 0 Å². The molecule has 26 heavy (non-hydrogen) atoms. The molecule has 4 rings (SSSR count). The van der Waals surface area contributed by atoms with Crippen molar-refractivity contribution in [1.29, 1.82) is 0 Å². The van der Waals surface area contributed by atoms with Gasteiger partial charge in [-0.1, -0.05) is 11.6 Å². The van der Waals surface area contributed by atoms with Crippen LogP contribution >= 0.6 is 11.6 Å². The van der Waals surface area contributed by atoms with Crippen molar-refractivity contribution in [2.45, 2.75) is 37.3 Å². The number of carbonyl (C=O) groups is 3. The number of halogens is 1. The van der Waals surface area contributed by atoms with Crippen molar-refractivity contribution in [2.24, 2.45) is 5.92 Å². The number of likely N-dealkylation sites (tertiary alicyclic amines) is 1. The van der Waals surface area contributed by atoms with E-state index in [9.17, 15) is 19.5 Å². The summed E-state index contributed by atoms with van der Waals surface area (Å²) in [4.78, 5) is 38.7. The first kappa shape index (κ1) is 17.3. The van der Waals surface area contributed by atoms with Gasteiger partial charge < -0.3 is 20.6 Å². The smallest absolute Gasteiger partial charge is 0.257 e. The van der Waals surface area contributed by atoms with Crippen molar-refractivity contribution in [1.82, 2.24) is 10.2 Å². The summed E-state index contributed by atoms with van der Waals surface area (Å²) in [6.45, 7) is 1.17. The Morgan fingerprint density at radius 2 is 2.15 bits per heavy atom. The molecule has 3 amide bonds. The van der Waals surface area contributed by atoms with Gasteiger partial charge in [0.25, 0.3) is 5.91 Å². The number of anilines is 1. The van der Waals surface area contributed by atoms with E-state index >= 15 is 0 Å². The predicted octanol–water partition coefficient (Wildman–Crippen LogP) is 0.997. The third kappa shape index (κ3) is 3.17.